The zero-order valence-corrected chi connectivity index (χ0v) is 22.1. The van der Waals surface area contributed by atoms with Crippen molar-refractivity contribution >= 4 is 23.2 Å². The Morgan fingerprint density at radius 1 is 1.24 bits per heavy atom. The van der Waals surface area contributed by atoms with E-state index in [0.717, 1.165) is 29.7 Å². The summed E-state index contributed by atoms with van der Waals surface area (Å²) in [6.07, 6.45) is 6.64. The smallest absolute Gasteiger partial charge is 0.274 e. The number of benzene rings is 1. The van der Waals surface area contributed by atoms with Gasteiger partial charge in [-0.05, 0) is 56.7 Å². The number of aromatic nitrogens is 2. The van der Waals surface area contributed by atoms with E-state index in [1.165, 1.54) is 34.2 Å². The van der Waals surface area contributed by atoms with Gasteiger partial charge in [0, 0.05) is 42.8 Å². The lowest BCUT2D eigenvalue weighted by molar-refractivity contribution is -0.145. The maximum absolute atomic E-state index is 13.8. The van der Waals surface area contributed by atoms with Crippen LogP contribution in [0.3, 0.4) is 0 Å². The molecule has 1 aromatic carbocycles. The Bertz CT molecular complexity index is 1490. The van der Waals surface area contributed by atoms with E-state index in [-0.39, 0.29) is 35.6 Å². The molecule has 1 saturated heterocycles. The molecule has 8 nitrogen and oxygen atoms in total. The van der Waals surface area contributed by atoms with Gasteiger partial charge in [-0.15, -0.1) is 11.3 Å². The number of rotatable bonds is 6. The standard InChI is InChI=1S/C28H29FN4O4S/c1-16(18-6-7-18)32-15-28(2,27(37)31-10-3-11-31)33-14-21(23(34)24(35)22(33)26(32)36)25-30-13-20(38-25)12-17-4-8-19(29)9-5-17/h4-5,8-9,13-14,16,18,35H,3,6-7,10-12,15H2,1-2H3. The van der Waals surface area contributed by atoms with E-state index in [9.17, 15) is 23.9 Å². The molecule has 0 spiro atoms. The first-order chi connectivity index (χ1) is 18.2. The van der Waals surface area contributed by atoms with Crippen LogP contribution >= 0.6 is 11.3 Å². The number of aromatic hydroxyl groups is 1. The lowest BCUT2D eigenvalue weighted by Gasteiger charge is -2.48. The van der Waals surface area contributed by atoms with Gasteiger partial charge in [-0.1, -0.05) is 12.1 Å². The number of hydrogen-bond donors (Lipinski definition) is 1. The Morgan fingerprint density at radius 3 is 2.58 bits per heavy atom. The Hall–Kier alpha value is -3.53. The summed E-state index contributed by atoms with van der Waals surface area (Å²) in [4.78, 5) is 49.5. The molecule has 0 bridgehead atoms. The van der Waals surface area contributed by atoms with Crippen molar-refractivity contribution in [2.75, 3.05) is 19.6 Å². The largest absolute Gasteiger partial charge is 0.503 e. The van der Waals surface area contributed by atoms with Crippen molar-refractivity contribution in [2.24, 2.45) is 5.92 Å². The minimum absolute atomic E-state index is 0.0954. The number of amides is 2. The molecule has 4 heterocycles. The summed E-state index contributed by atoms with van der Waals surface area (Å²) < 4.78 is 14.8. The van der Waals surface area contributed by atoms with Crippen molar-refractivity contribution in [3.8, 4) is 16.3 Å². The van der Waals surface area contributed by atoms with E-state index in [0.29, 0.717) is 30.4 Å². The summed E-state index contributed by atoms with van der Waals surface area (Å²) in [7, 11) is 0. The maximum Gasteiger partial charge on any atom is 0.274 e. The molecule has 3 aromatic rings. The van der Waals surface area contributed by atoms with Crippen molar-refractivity contribution in [3.05, 3.63) is 68.8 Å². The van der Waals surface area contributed by atoms with E-state index in [1.54, 1.807) is 35.1 Å². The third-order valence-corrected chi connectivity index (χ3v) is 9.16. The molecule has 2 atom stereocenters. The third kappa shape index (κ3) is 4.02. The second kappa shape index (κ2) is 9.04. The van der Waals surface area contributed by atoms with Gasteiger partial charge < -0.3 is 19.5 Å². The molecule has 6 rings (SSSR count). The highest BCUT2D eigenvalue weighted by Gasteiger charge is 2.51. The first-order valence-corrected chi connectivity index (χ1v) is 13.8. The number of nitrogens with zero attached hydrogens (tertiary/aromatic N) is 4. The molecule has 1 saturated carbocycles. The predicted octanol–water partition coefficient (Wildman–Crippen LogP) is 3.61. The number of hydrogen-bond acceptors (Lipinski definition) is 6. The van der Waals surface area contributed by atoms with Gasteiger partial charge in [0.05, 0.1) is 12.1 Å². The molecule has 38 heavy (non-hydrogen) atoms. The van der Waals surface area contributed by atoms with Crippen molar-refractivity contribution in [1.29, 1.82) is 0 Å². The number of thiazole rings is 1. The average Bonchev–Trinajstić information content (AvgIpc) is 3.62. The topological polar surface area (TPSA) is 95.7 Å². The number of halogens is 1. The number of carbonyl (C=O) groups excluding carboxylic acids is 2. The molecule has 1 N–H and O–H groups in total. The molecule has 1 aliphatic carbocycles. The fourth-order valence-corrected chi connectivity index (χ4v) is 6.43. The SMILES string of the molecule is CC(C1CC1)N1CC(C)(C(=O)N2CCC2)n2cc(-c3ncc(Cc4ccc(F)cc4)s3)c(=O)c(O)c2C1=O. The zero-order valence-electron chi connectivity index (χ0n) is 21.3. The van der Waals surface area contributed by atoms with Crippen LogP contribution in [-0.2, 0) is 16.8 Å². The van der Waals surface area contributed by atoms with Crippen LogP contribution < -0.4 is 5.43 Å². The molecule has 2 aromatic heterocycles. The second-order valence-corrected chi connectivity index (χ2v) is 11.9. The molecular formula is C28H29FN4O4S. The fraction of sp³-hybridized carbons (Fsp3) is 0.429. The van der Waals surface area contributed by atoms with Gasteiger partial charge in [-0.25, -0.2) is 9.37 Å². The normalized spacial score (nSPS) is 21.7. The van der Waals surface area contributed by atoms with Crippen molar-refractivity contribution in [1.82, 2.24) is 19.4 Å². The van der Waals surface area contributed by atoms with Crippen LogP contribution in [0, 0.1) is 11.7 Å². The predicted molar refractivity (Wildman–Crippen MR) is 141 cm³/mol. The van der Waals surface area contributed by atoms with Crippen LogP contribution in [0.25, 0.3) is 10.6 Å². The van der Waals surface area contributed by atoms with E-state index in [4.69, 9.17) is 0 Å². The maximum atomic E-state index is 13.8. The van der Waals surface area contributed by atoms with Crippen LogP contribution in [0.4, 0.5) is 4.39 Å². The summed E-state index contributed by atoms with van der Waals surface area (Å²) >= 11 is 1.29. The minimum atomic E-state index is -1.18. The van der Waals surface area contributed by atoms with Crippen molar-refractivity contribution in [3.63, 3.8) is 0 Å². The summed E-state index contributed by atoms with van der Waals surface area (Å²) in [5, 5.41) is 11.5. The molecule has 2 amide bonds. The number of fused-ring (bicyclic) bond motifs is 1. The molecule has 2 unspecified atom stereocenters. The number of carbonyl (C=O) groups is 2. The fourth-order valence-electron chi connectivity index (χ4n) is 5.47. The zero-order chi connectivity index (χ0) is 26.8. The molecule has 0 radical (unpaired) electrons. The molecule has 198 valence electrons. The summed E-state index contributed by atoms with van der Waals surface area (Å²) in [6.45, 7) is 5.22. The van der Waals surface area contributed by atoms with Gasteiger partial charge in [-0.3, -0.25) is 14.4 Å². The van der Waals surface area contributed by atoms with Gasteiger partial charge in [-0.2, -0.15) is 0 Å². The van der Waals surface area contributed by atoms with E-state index < -0.39 is 22.6 Å². The van der Waals surface area contributed by atoms with Crippen LogP contribution in [-0.4, -0.2) is 61.9 Å². The first-order valence-electron chi connectivity index (χ1n) is 13.0. The van der Waals surface area contributed by atoms with Gasteiger partial charge in [0.1, 0.15) is 16.4 Å². The average molecular weight is 537 g/mol. The number of pyridine rings is 1. The first kappa shape index (κ1) is 24.8. The van der Waals surface area contributed by atoms with Gasteiger partial charge in [0.2, 0.25) is 11.3 Å². The van der Waals surface area contributed by atoms with Crippen LogP contribution in [0.1, 0.15) is 54.0 Å². The van der Waals surface area contributed by atoms with E-state index in [1.807, 2.05) is 6.92 Å². The molecule has 2 aliphatic heterocycles. The van der Waals surface area contributed by atoms with E-state index in [2.05, 4.69) is 4.98 Å². The highest BCUT2D eigenvalue weighted by atomic mass is 32.1. The van der Waals surface area contributed by atoms with Gasteiger partial charge in [0.15, 0.2) is 11.4 Å². The quantitative estimate of drug-likeness (QED) is 0.519. The third-order valence-electron chi connectivity index (χ3n) is 8.13. The van der Waals surface area contributed by atoms with E-state index >= 15 is 0 Å². The molecular weight excluding hydrogens is 507 g/mol. The second-order valence-electron chi connectivity index (χ2n) is 10.8. The lowest BCUT2D eigenvalue weighted by atomic mass is 9.91. The Kier molecular flexibility index (Phi) is 5.90. The van der Waals surface area contributed by atoms with Crippen LogP contribution in [0.15, 0.2) is 41.5 Å². The number of likely N-dealkylation sites (tertiary alicyclic amines) is 1. The summed E-state index contributed by atoms with van der Waals surface area (Å²) in [6, 6.07) is 6.08. The molecule has 2 fully saturated rings. The molecule has 3 aliphatic rings. The Balaban J connectivity index is 1.43. The van der Waals surface area contributed by atoms with Crippen molar-refractivity contribution in [2.45, 2.75) is 51.1 Å². The Morgan fingerprint density at radius 2 is 1.95 bits per heavy atom. The summed E-state index contributed by atoms with van der Waals surface area (Å²) in [5.74, 6) is -1.17. The van der Waals surface area contributed by atoms with Crippen LogP contribution in [0.5, 0.6) is 5.75 Å². The van der Waals surface area contributed by atoms with Crippen LogP contribution in [0.2, 0.25) is 0 Å². The monoisotopic (exact) mass is 536 g/mol. The van der Waals surface area contributed by atoms with Gasteiger partial charge in [0.25, 0.3) is 5.91 Å². The minimum Gasteiger partial charge on any atom is -0.503 e. The summed E-state index contributed by atoms with van der Waals surface area (Å²) in [5.41, 5.74) is -0.972. The highest BCUT2D eigenvalue weighted by molar-refractivity contribution is 7.15. The lowest BCUT2D eigenvalue weighted by Crippen LogP contribution is -2.63. The Labute approximate surface area is 223 Å². The molecule has 10 heteroatoms. The van der Waals surface area contributed by atoms with Crippen molar-refractivity contribution < 1.29 is 19.1 Å². The highest BCUT2D eigenvalue weighted by Crippen LogP contribution is 2.41. The van der Waals surface area contributed by atoms with Gasteiger partial charge >= 0.3 is 0 Å².